The molecule has 1 saturated heterocycles. The van der Waals surface area contributed by atoms with E-state index in [-0.39, 0.29) is 17.6 Å². The summed E-state index contributed by atoms with van der Waals surface area (Å²) in [5, 5.41) is 11.5. The molecule has 1 aliphatic rings. The minimum atomic E-state index is -1.16. The van der Waals surface area contributed by atoms with Crippen LogP contribution in [0.1, 0.15) is 36.7 Å². The quantitative estimate of drug-likeness (QED) is 0.850. The van der Waals surface area contributed by atoms with Gasteiger partial charge in [0.25, 0.3) is 6.01 Å². The number of carboxylic acid groups (broad SMARTS) is 1. The molecule has 1 unspecified atom stereocenters. The van der Waals surface area contributed by atoms with Crippen molar-refractivity contribution in [3.05, 3.63) is 12.0 Å². The van der Waals surface area contributed by atoms with Crippen molar-refractivity contribution in [2.24, 2.45) is 0 Å². The molecule has 1 aromatic rings. The molecule has 7 nitrogen and oxygen atoms in total. The number of nitrogens with zero attached hydrogens (tertiary/aromatic N) is 2. The molecule has 2 rings (SSSR count). The lowest BCUT2D eigenvalue weighted by Gasteiger charge is -2.29. The van der Waals surface area contributed by atoms with Crippen molar-refractivity contribution in [2.75, 3.05) is 18.4 Å². The topological polar surface area (TPSA) is 95.7 Å². The van der Waals surface area contributed by atoms with Gasteiger partial charge >= 0.3 is 5.97 Å². The second-order valence-corrected chi connectivity index (χ2v) is 4.60. The molecule has 1 fully saturated rings. The summed E-state index contributed by atoms with van der Waals surface area (Å²) < 4.78 is 4.96. The average Bonchev–Trinajstić information content (AvgIpc) is 2.87. The molecule has 1 atom stereocenters. The molecule has 0 aliphatic carbocycles. The van der Waals surface area contributed by atoms with Gasteiger partial charge in [0.05, 0.1) is 0 Å². The zero-order valence-corrected chi connectivity index (χ0v) is 10.8. The summed E-state index contributed by atoms with van der Waals surface area (Å²) in [6, 6.07) is -0.436. The number of carbonyl (C=O) groups excluding carboxylic acids is 1. The summed E-state index contributed by atoms with van der Waals surface area (Å²) in [5.74, 6) is -1.18. The van der Waals surface area contributed by atoms with Crippen LogP contribution >= 0.6 is 0 Å². The van der Waals surface area contributed by atoms with Gasteiger partial charge in [-0.2, -0.15) is 4.98 Å². The summed E-state index contributed by atoms with van der Waals surface area (Å²) in [5.41, 5.74) is -0.180. The van der Waals surface area contributed by atoms with Crippen LogP contribution in [-0.2, 0) is 4.79 Å². The second kappa shape index (κ2) is 5.73. The largest absolute Gasteiger partial charge is 0.476 e. The monoisotopic (exact) mass is 267 g/mol. The fourth-order valence-electron chi connectivity index (χ4n) is 2.07. The molecule has 0 radical (unpaired) electrons. The standard InChI is InChI=1S/C12H17N3O4/c1-8(10(16)15-5-3-2-4-6-15)13-12-14-9(7-19-12)11(17)18/h7-8H,2-6H2,1H3,(H,13,14)(H,17,18). The minimum absolute atomic E-state index is 0.0187. The Morgan fingerprint density at radius 3 is 2.68 bits per heavy atom. The SMILES string of the molecule is CC(Nc1nc(C(=O)O)co1)C(=O)N1CCCCC1. The smallest absolute Gasteiger partial charge is 0.357 e. The van der Waals surface area contributed by atoms with E-state index in [4.69, 9.17) is 9.52 Å². The molecule has 1 amide bonds. The van der Waals surface area contributed by atoms with E-state index in [0.29, 0.717) is 0 Å². The highest BCUT2D eigenvalue weighted by Crippen LogP contribution is 2.13. The number of amides is 1. The van der Waals surface area contributed by atoms with Crippen LogP contribution in [0.5, 0.6) is 0 Å². The van der Waals surface area contributed by atoms with Crippen LogP contribution in [0.4, 0.5) is 6.01 Å². The molecule has 1 aromatic heterocycles. The molecule has 2 heterocycles. The van der Waals surface area contributed by atoms with E-state index in [1.807, 2.05) is 4.90 Å². The van der Waals surface area contributed by atoms with Crippen molar-refractivity contribution >= 4 is 17.9 Å². The highest BCUT2D eigenvalue weighted by atomic mass is 16.4. The number of hydrogen-bond donors (Lipinski definition) is 2. The predicted molar refractivity (Wildman–Crippen MR) is 67.0 cm³/mol. The van der Waals surface area contributed by atoms with Crippen molar-refractivity contribution in [2.45, 2.75) is 32.2 Å². The third kappa shape index (κ3) is 3.24. The first kappa shape index (κ1) is 13.4. The predicted octanol–water partition coefficient (Wildman–Crippen LogP) is 1.19. The van der Waals surface area contributed by atoms with Gasteiger partial charge in [0.1, 0.15) is 12.3 Å². The number of hydrogen-bond acceptors (Lipinski definition) is 5. The maximum Gasteiger partial charge on any atom is 0.357 e. The van der Waals surface area contributed by atoms with Crippen LogP contribution < -0.4 is 5.32 Å². The van der Waals surface area contributed by atoms with Crippen molar-refractivity contribution in [3.8, 4) is 0 Å². The Morgan fingerprint density at radius 2 is 2.11 bits per heavy atom. The fourth-order valence-corrected chi connectivity index (χ4v) is 2.07. The first-order chi connectivity index (χ1) is 9.08. The normalized spacial score (nSPS) is 17.0. The van der Waals surface area contributed by atoms with Crippen LogP contribution in [0.25, 0.3) is 0 Å². The molecule has 0 bridgehead atoms. The third-order valence-electron chi connectivity index (χ3n) is 3.10. The second-order valence-electron chi connectivity index (χ2n) is 4.60. The number of nitrogens with one attached hydrogen (secondary N) is 1. The molecule has 0 spiro atoms. The number of likely N-dealkylation sites (tertiary alicyclic amines) is 1. The van der Waals surface area contributed by atoms with Gasteiger partial charge in [-0.3, -0.25) is 4.79 Å². The van der Waals surface area contributed by atoms with E-state index in [1.54, 1.807) is 6.92 Å². The van der Waals surface area contributed by atoms with Crippen molar-refractivity contribution < 1.29 is 19.1 Å². The summed E-state index contributed by atoms with van der Waals surface area (Å²) >= 11 is 0. The van der Waals surface area contributed by atoms with Crippen LogP contribution in [0.3, 0.4) is 0 Å². The van der Waals surface area contributed by atoms with Gasteiger partial charge in [-0.1, -0.05) is 0 Å². The first-order valence-corrected chi connectivity index (χ1v) is 6.32. The van der Waals surface area contributed by atoms with E-state index in [0.717, 1.165) is 38.6 Å². The summed E-state index contributed by atoms with van der Waals surface area (Å²) in [7, 11) is 0. The van der Waals surface area contributed by atoms with E-state index >= 15 is 0 Å². The number of carboxylic acids is 1. The summed E-state index contributed by atoms with van der Waals surface area (Å²) in [6.45, 7) is 3.26. The van der Waals surface area contributed by atoms with E-state index in [9.17, 15) is 9.59 Å². The number of aromatic nitrogens is 1. The third-order valence-corrected chi connectivity index (χ3v) is 3.10. The first-order valence-electron chi connectivity index (χ1n) is 6.32. The van der Waals surface area contributed by atoms with Gasteiger partial charge in [0.15, 0.2) is 5.69 Å². The molecular weight excluding hydrogens is 250 g/mol. The highest BCUT2D eigenvalue weighted by Gasteiger charge is 2.23. The van der Waals surface area contributed by atoms with Crippen molar-refractivity contribution in [1.82, 2.24) is 9.88 Å². The molecular formula is C12H17N3O4. The molecule has 0 saturated carbocycles. The van der Waals surface area contributed by atoms with Crippen LogP contribution in [0, 0.1) is 0 Å². The number of rotatable bonds is 4. The Hall–Kier alpha value is -2.05. The van der Waals surface area contributed by atoms with E-state index < -0.39 is 12.0 Å². The molecule has 2 N–H and O–H groups in total. The summed E-state index contributed by atoms with van der Waals surface area (Å²) in [4.78, 5) is 28.3. The number of oxazole rings is 1. The zero-order valence-electron chi connectivity index (χ0n) is 10.8. The van der Waals surface area contributed by atoms with Gasteiger partial charge < -0.3 is 19.7 Å². The Morgan fingerprint density at radius 1 is 1.42 bits per heavy atom. The summed E-state index contributed by atoms with van der Waals surface area (Å²) in [6.07, 6.45) is 4.26. The maximum absolute atomic E-state index is 12.1. The maximum atomic E-state index is 12.1. The highest BCUT2D eigenvalue weighted by molar-refractivity contribution is 5.86. The van der Waals surface area contributed by atoms with Crippen molar-refractivity contribution in [1.29, 1.82) is 0 Å². The lowest BCUT2D eigenvalue weighted by molar-refractivity contribution is -0.132. The van der Waals surface area contributed by atoms with E-state index in [2.05, 4.69) is 10.3 Å². The Kier molecular flexibility index (Phi) is 4.03. The fraction of sp³-hybridized carbons (Fsp3) is 0.583. The average molecular weight is 267 g/mol. The molecule has 19 heavy (non-hydrogen) atoms. The van der Waals surface area contributed by atoms with Crippen LogP contribution in [0.2, 0.25) is 0 Å². The van der Waals surface area contributed by atoms with Gasteiger partial charge in [0.2, 0.25) is 5.91 Å². The number of anilines is 1. The number of aromatic carboxylic acids is 1. The Balaban J connectivity index is 1.93. The lowest BCUT2D eigenvalue weighted by Crippen LogP contribution is -2.43. The Bertz CT molecular complexity index is 465. The lowest BCUT2D eigenvalue weighted by atomic mass is 10.1. The molecule has 0 aromatic carbocycles. The Labute approximate surface area is 110 Å². The number of carbonyl (C=O) groups is 2. The van der Waals surface area contributed by atoms with E-state index in [1.165, 1.54) is 0 Å². The van der Waals surface area contributed by atoms with Gasteiger partial charge in [-0.25, -0.2) is 4.79 Å². The van der Waals surface area contributed by atoms with Crippen LogP contribution in [-0.4, -0.2) is 46.0 Å². The molecule has 104 valence electrons. The molecule has 7 heteroatoms. The zero-order chi connectivity index (χ0) is 13.8. The van der Waals surface area contributed by atoms with Gasteiger partial charge in [0, 0.05) is 13.1 Å². The van der Waals surface area contributed by atoms with Crippen molar-refractivity contribution in [3.63, 3.8) is 0 Å². The minimum Gasteiger partial charge on any atom is -0.476 e. The van der Waals surface area contributed by atoms with Crippen LogP contribution in [0.15, 0.2) is 10.7 Å². The molecule has 1 aliphatic heterocycles. The number of piperidine rings is 1. The van der Waals surface area contributed by atoms with Gasteiger partial charge in [-0.05, 0) is 26.2 Å². The van der Waals surface area contributed by atoms with Gasteiger partial charge in [-0.15, -0.1) is 0 Å².